The standard InChI is InChI=1S/C17H14N4O6S/c1-27-11-5-3-2-4-9(11)18-17(26)19-10-7-28-6-8(10)14-20-12(16(24)25)13(22)15(23)21-14/h2-7,22H,1H3,(H,24,25)(H2,18,19,26)(H,20,21,23). The largest absolute Gasteiger partial charge is 0.501 e. The zero-order valence-corrected chi connectivity index (χ0v) is 15.2. The summed E-state index contributed by atoms with van der Waals surface area (Å²) in [6, 6.07) is 6.25. The van der Waals surface area contributed by atoms with E-state index in [1.165, 1.54) is 18.4 Å². The molecule has 3 aromatic rings. The highest BCUT2D eigenvalue weighted by Crippen LogP contribution is 2.30. The third-order valence-corrected chi connectivity index (χ3v) is 4.36. The minimum absolute atomic E-state index is 0.103. The van der Waals surface area contributed by atoms with Crippen molar-refractivity contribution in [3.8, 4) is 22.9 Å². The molecule has 0 spiro atoms. The number of rotatable bonds is 5. The zero-order chi connectivity index (χ0) is 20.3. The summed E-state index contributed by atoms with van der Waals surface area (Å²) in [5.41, 5.74) is -0.752. The van der Waals surface area contributed by atoms with Gasteiger partial charge in [0.1, 0.15) is 11.6 Å². The molecule has 0 unspecified atom stereocenters. The van der Waals surface area contributed by atoms with E-state index in [0.29, 0.717) is 22.7 Å². The Hall–Kier alpha value is -3.86. The van der Waals surface area contributed by atoms with Crippen molar-refractivity contribution in [2.45, 2.75) is 0 Å². The Morgan fingerprint density at radius 1 is 1.18 bits per heavy atom. The molecule has 0 radical (unpaired) electrons. The smallest absolute Gasteiger partial charge is 0.358 e. The number of methoxy groups -OCH3 is 1. The van der Waals surface area contributed by atoms with Gasteiger partial charge in [0.25, 0.3) is 5.56 Å². The van der Waals surface area contributed by atoms with E-state index >= 15 is 0 Å². The molecule has 2 aromatic heterocycles. The highest BCUT2D eigenvalue weighted by Gasteiger charge is 2.20. The molecule has 0 aliphatic carbocycles. The van der Waals surface area contributed by atoms with Crippen LogP contribution in [-0.4, -0.2) is 39.3 Å². The second kappa shape index (κ2) is 7.80. The number of ether oxygens (including phenoxy) is 1. The number of H-pyrrole nitrogens is 1. The van der Waals surface area contributed by atoms with E-state index in [2.05, 4.69) is 20.6 Å². The number of para-hydroxylation sites is 2. The minimum Gasteiger partial charge on any atom is -0.501 e. The molecule has 0 bridgehead atoms. The number of carbonyl (C=O) groups excluding carboxylic acids is 1. The van der Waals surface area contributed by atoms with Gasteiger partial charge in [0.05, 0.1) is 24.0 Å². The van der Waals surface area contributed by atoms with E-state index in [1.807, 2.05) is 0 Å². The van der Waals surface area contributed by atoms with Crippen LogP contribution in [0.1, 0.15) is 10.5 Å². The lowest BCUT2D eigenvalue weighted by Crippen LogP contribution is -2.20. The van der Waals surface area contributed by atoms with Gasteiger partial charge in [-0.25, -0.2) is 14.6 Å². The Morgan fingerprint density at radius 2 is 1.89 bits per heavy atom. The fourth-order valence-electron chi connectivity index (χ4n) is 2.34. The first-order chi connectivity index (χ1) is 13.4. The molecule has 0 saturated carbocycles. The maximum atomic E-state index is 12.3. The number of carbonyl (C=O) groups is 2. The second-order valence-electron chi connectivity index (χ2n) is 5.40. The van der Waals surface area contributed by atoms with Crippen molar-refractivity contribution < 1.29 is 24.5 Å². The number of aromatic carboxylic acids is 1. The van der Waals surface area contributed by atoms with Crippen molar-refractivity contribution in [2.75, 3.05) is 17.7 Å². The summed E-state index contributed by atoms with van der Waals surface area (Å²) in [6.45, 7) is 0. The number of hydrogen-bond donors (Lipinski definition) is 5. The lowest BCUT2D eigenvalue weighted by molar-refractivity contribution is 0.0686. The van der Waals surface area contributed by atoms with Crippen molar-refractivity contribution in [3.05, 3.63) is 51.1 Å². The molecule has 3 rings (SSSR count). The van der Waals surface area contributed by atoms with E-state index in [0.717, 1.165) is 0 Å². The molecule has 2 amide bonds. The van der Waals surface area contributed by atoms with Crippen LogP contribution in [0.15, 0.2) is 39.8 Å². The third kappa shape index (κ3) is 3.78. The van der Waals surface area contributed by atoms with E-state index in [9.17, 15) is 19.5 Å². The molecule has 0 aliphatic rings. The van der Waals surface area contributed by atoms with Crippen LogP contribution in [0.4, 0.5) is 16.2 Å². The molecule has 1 aromatic carbocycles. The van der Waals surface area contributed by atoms with Crippen molar-refractivity contribution in [1.82, 2.24) is 9.97 Å². The van der Waals surface area contributed by atoms with Crippen molar-refractivity contribution >= 4 is 34.7 Å². The molecule has 0 fully saturated rings. The van der Waals surface area contributed by atoms with Gasteiger partial charge in [-0.15, -0.1) is 11.3 Å². The molecular weight excluding hydrogens is 388 g/mol. The van der Waals surface area contributed by atoms with Gasteiger partial charge in [0, 0.05) is 10.8 Å². The molecular formula is C17H14N4O6S. The summed E-state index contributed by atoms with van der Waals surface area (Å²) in [7, 11) is 1.47. The first kappa shape index (κ1) is 18.9. The van der Waals surface area contributed by atoms with Crippen LogP contribution in [0.3, 0.4) is 0 Å². The molecule has 2 heterocycles. The summed E-state index contributed by atoms with van der Waals surface area (Å²) in [5, 5.41) is 27.0. The number of amides is 2. The number of carboxylic acids is 1. The molecule has 5 N–H and O–H groups in total. The second-order valence-corrected chi connectivity index (χ2v) is 6.14. The van der Waals surface area contributed by atoms with Gasteiger partial charge in [-0.2, -0.15) is 0 Å². The Morgan fingerprint density at radius 3 is 2.61 bits per heavy atom. The number of thiophene rings is 1. The number of anilines is 2. The summed E-state index contributed by atoms with van der Waals surface area (Å²) in [5.74, 6) is -2.17. The number of aromatic amines is 1. The monoisotopic (exact) mass is 402 g/mol. The number of nitrogens with one attached hydrogen (secondary N) is 3. The van der Waals surface area contributed by atoms with Gasteiger partial charge in [-0.1, -0.05) is 12.1 Å². The fraction of sp³-hybridized carbons (Fsp3) is 0.0588. The molecule has 28 heavy (non-hydrogen) atoms. The lowest BCUT2D eigenvalue weighted by atomic mass is 10.2. The first-order valence-electron chi connectivity index (χ1n) is 7.75. The number of aromatic hydroxyl groups is 1. The predicted octanol–water partition coefficient (Wildman–Crippen LogP) is 2.55. The quantitative estimate of drug-likeness (QED) is 0.439. The molecule has 10 nitrogen and oxygen atoms in total. The van der Waals surface area contributed by atoms with Crippen LogP contribution in [0.2, 0.25) is 0 Å². The van der Waals surface area contributed by atoms with E-state index in [-0.39, 0.29) is 5.82 Å². The highest BCUT2D eigenvalue weighted by molar-refractivity contribution is 7.08. The molecule has 0 aliphatic heterocycles. The fourth-order valence-corrected chi connectivity index (χ4v) is 3.11. The number of hydrogen-bond acceptors (Lipinski definition) is 7. The van der Waals surface area contributed by atoms with Gasteiger partial charge < -0.3 is 30.6 Å². The number of benzene rings is 1. The van der Waals surface area contributed by atoms with Crippen LogP contribution < -0.4 is 20.9 Å². The van der Waals surface area contributed by atoms with Gasteiger partial charge >= 0.3 is 12.0 Å². The van der Waals surface area contributed by atoms with Crippen LogP contribution in [0.25, 0.3) is 11.4 Å². The summed E-state index contributed by atoms with van der Waals surface area (Å²) in [4.78, 5) is 41.3. The lowest BCUT2D eigenvalue weighted by Gasteiger charge is -2.11. The Balaban J connectivity index is 1.88. The summed E-state index contributed by atoms with van der Waals surface area (Å²) in [6.07, 6.45) is 0. The number of carboxylic acid groups (broad SMARTS) is 1. The Kier molecular flexibility index (Phi) is 5.27. The van der Waals surface area contributed by atoms with Crippen LogP contribution in [-0.2, 0) is 0 Å². The topological polar surface area (TPSA) is 154 Å². The van der Waals surface area contributed by atoms with Crippen molar-refractivity contribution in [2.24, 2.45) is 0 Å². The average molecular weight is 402 g/mol. The van der Waals surface area contributed by atoms with Gasteiger partial charge in [-0.05, 0) is 12.1 Å². The van der Waals surface area contributed by atoms with Crippen LogP contribution >= 0.6 is 11.3 Å². The minimum atomic E-state index is -1.55. The van der Waals surface area contributed by atoms with Gasteiger partial charge in [0.15, 0.2) is 5.69 Å². The van der Waals surface area contributed by atoms with Gasteiger partial charge in [-0.3, -0.25) is 4.79 Å². The normalized spacial score (nSPS) is 10.3. The highest BCUT2D eigenvalue weighted by atomic mass is 32.1. The third-order valence-electron chi connectivity index (χ3n) is 3.62. The van der Waals surface area contributed by atoms with Crippen LogP contribution in [0, 0.1) is 0 Å². The van der Waals surface area contributed by atoms with E-state index in [4.69, 9.17) is 9.84 Å². The molecule has 0 saturated heterocycles. The van der Waals surface area contributed by atoms with E-state index < -0.39 is 29.0 Å². The first-order valence-corrected chi connectivity index (χ1v) is 8.69. The summed E-state index contributed by atoms with van der Waals surface area (Å²) >= 11 is 1.20. The Labute approximate surface area is 161 Å². The van der Waals surface area contributed by atoms with E-state index in [1.54, 1.807) is 35.0 Å². The predicted molar refractivity (Wildman–Crippen MR) is 102 cm³/mol. The molecule has 11 heteroatoms. The number of urea groups is 1. The van der Waals surface area contributed by atoms with Crippen LogP contribution in [0.5, 0.6) is 11.5 Å². The SMILES string of the molecule is COc1ccccc1NC(=O)Nc1cscc1-c1nc(C(=O)O)c(O)c(=O)[nH]1. The Bertz CT molecular complexity index is 1110. The number of nitrogens with zero attached hydrogens (tertiary/aromatic N) is 1. The number of aromatic nitrogens is 2. The van der Waals surface area contributed by atoms with Crippen molar-refractivity contribution in [1.29, 1.82) is 0 Å². The average Bonchev–Trinajstić information content (AvgIpc) is 3.12. The maximum absolute atomic E-state index is 12.3. The molecule has 144 valence electrons. The molecule has 0 atom stereocenters. The maximum Gasteiger partial charge on any atom is 0.358 e. The van der Waals surface area contributed by atoms with Gasteiger partial charge in [0.2, 0.25) is 5.75 Å². The van der Waals surface area contributed by atoms with Crippen molar-refractivity contribution in [3.63, 3.8) is 0 Å². The summed E-state index contributed by atoms with van der Waals surface area (Å²) < 4.78 is 5.16. The zero-order valence-electron chi connectivity index (χ0n) is 14.3.